The van der Waals surface area contributed by atoms with Gasteiger partial charge in [0.05, 0.1) is 0 Å². The summed E-state index contributed by atoms with van der Waals surface area (Å²) in [5, 5.41) is 0. The first-order chi connectivity index (χ1) is 7.57. The van der Waals surface area contributed by atoms with Gasteiger partial charge >= 0.3 is 6.18 Å². The molecule has 2 rings (SSSR count). The number of alkyl halides is 3. The molecule has 82 valence electrons. The highest BCUT2D eigenvalue weighted by Crippen LogP contribution is 2.28. The molecule has 16 heavy (non-hydrogen) atoms. The Morgan fingerprint density at radius 1 is 0.938 bits per heavy atom. The highest BCUT2D eigenvalue weighted by atomic mass is 19.4. The highest BCUT2D eigenvalue weighted by Gasteiger charge is 2.31. The number of pyridine rings is 2. The van der Waals surface area contributed by atoms with Crippen molar-refractivity contribution in [1.29, 1.82) is 0 Å². The highest BCUT2D eigenvalue weighted by molar-refractivity contribution is 5.61. The first-order valence-corrected chi connectivity index (χ1v) is 4.51. The van der Waals surface area contributed by atoms with Crippen LogP contribution in [0.3, 0.4) is 0 Å². The molecule has 2 aromatic heterocycles. The molecule has 2 aromatic rings. The third-order valence-corrected chi connectivity index (χ3v) is 2.05. The summed E-state index contributed by atoms with van der Waals surface area (Å²) < 4.78 is 36.7. The molecule has 5 heteroatoms. The van der Waals surface area contributed by atoms with Gasteiger partial charge in [0.15, 0.2) is 0 Å². The van der Waals surface area contributed by atoms with E-state index in [1.165, 1.54) is 12.3 Å². The van der Waals surface area contributed by atoms with Crippen LogP contribution in [0, 0.1) is 0 Å². The molecule has 0 aliphatic carbocycles. The lowest BCUT2D eigenvalue weighted by Gasteiger charge is -2.06. The average molecular weight is 224 g/mol. The van der Waals surface area contributed by atoms with Gasteiger partial charge in [-0.2, -0.15) is 13.2 Å². The van der Waals surface area contributed by atoms with Crippen LogP contribution < -0.4 is 0 Å². The summed E-state index contributed by atoms with van der Waals surface area (Å²) in [7, 11) is 0. The predicted molar refractivity (Wildman–Crippen MR) is 52.5 cm³/mol. The van der Waals surface area contributed by atoms with E-state index in [9.17, 15) is 13.2 Å². The Labute approximate surface area is 89.8 Å². The topological polar surface area (TPSA) is 25.8 Å². The Kier molecular flexibility index (Phi) is 2.60. The molecular formula is C11H7F3N2. The van der Waals surface area contributed by atoms with Gasteiger partial charge in [-0.1, -0.05) is 12.1 Å². The van der Waals surface area contributed by atoms with Gasteiger partial charge in [0, 0.05) is 29.7 Å². The monoisotopic (exact) mass is 224 g/mol. The third-order valence-electron chi connectivity index (χ3n) is 2.05. The van der Waals surface area contributed by atoms with E-state index in [0.29, 0.717) is 5.56 Å². The lowest BCUT2D eigenvalue weighted by atomic mass is 10.1. The Bertz CT molecular complexity index is 463. The van der Waals surface area contributed by atoms with Crippen LogP contribution in [0.1, 0.15) is 5.69 Å². The van der Waals surface area contributed by atoms with Crippen LogP contribution in [0.15, 0.2) is 42.9 Å². The summed E-state index contributed by atoms with van der Waals surface area (Å²) >= 11 is 0. The summed E-state index contributed by atoms with van der Waals surface area (Å²) in [6.07, 6.45) is -0.0292. The van der Waals surface area contributed by atoms with Crippen LogP contribution in [-0.2, 0) is 6.18 Å². The van der Waals surface area contributed by atoms with Crippen LogP contribution in [0.4, 0.5) is 13.2 Å². The molecule has 0 unspecified atom stereocenters. The van der Waals surface area contributed by atoms with E-state index in [4.69, 9.17) is 0 Å². The first kappa shape index (κ1) is 10.6. The van der Waals surface area contributed by atoms with Crippen LogP contribution in [0.2, 0.25) is 0 Å². The van der Waals surface area contributed by atoms with E-state index in [1.54, 1.807) is 24.5 Å². The number of hydrogen-bond acceptors (Lipinski definition) is 2. The summed E-state index contributed by atoms with van der Waals surface area (Å²) in [6.45, 7) is 0. The van der Waals surface area contributed by atoms with Crippen molar-refractivity contribution in [2.75, 3.05) is 0 Å². The lowest BCUT2D eigenvalue weighted by Crippen LogP contribution is -2.07. The summed E-state index contributed by atoms with van der Waals surface area (Å²) in [4.78, 5) is 7.26. The van der Waals surface area contributed by atoms with Crippen molar-refractivity contribution in [2.24, 2.45) is 0 Å². The van der Waals surface area contributed by atoms with Gasteiger partial charge in [-0.25, -0.2) is 0 Å². The van der Waals surface area contributed by atoms with E-state index in [0.717, 1.165) is 11.6 Å². The van der Waals surface area contributed by atoms with Gasteiger partial charge in [-0.3, -0.25) is 9.97 Å². The Hall–Kier alpha value is -1.91. The van der Waals surface area contributed by atoms with Crippen LogP contribution in [-0.4, -0.2) is 9.97 Å². The van der Waals surface area contributed by atoms with E-state index in [-0.39, 0.29) is 0 Å². The van der Waals surface area contributed by atoms with Gasteiger partial charge in [0.25, 0.3) is 0 Å². The number of hydrogen-bond donors (Lipinski definition) is 0. The molecule has 0 aliphatic rings. The number of halogens is 3. The molecule has 0 amide bonds. The molecule has 0 N–H and O–H groups in total. The molecule has 2 nitrogen and oxygen atoms in total. The second kappa shape index (κ2) is 3.92. The fourth-order valence-corrected chi connectivity index (χ4v) is 1.27. The zero-order valence-corrected chi connectivity index (χ0v) is 8.07. The fraction of sp³-hybridized carbons (Fsp3) is 0.0909. The number of nitrogens with zero attached hydrogens (tertiary/aromatic N) is 2. The van der Waals surface area contributed by atoms with E-state index in [2.05, 4.69) is 9.97 Å². The standard InChI is InChI=1S/C11H7F3N2/c12-11(13,14)10-4-3-9(7-16-10)8-2-1-5-15-6-8/h1-7H. The Balaban J connectivity index is 2.34. The number of aromatic nitrogens is 2. The van der Waals surface area contributed by atoms with Crippen molar-refractivity contribution >= 4 is 0 Å². The third kappa shape index (κ3) is 2.18. The maximum absolute atomic E-state index is 12.2. The smallest absolute Gasteiger partial charge is 0.264 e. The molecule has 0 bridgehead atoms. The second-order valence-electron chi connectivity index (χ2n) is 3.17. The maximum atomic E-state index is 12.2. The first-order valence-electron chi connectivity index (χ1n) is 4.51. The quantitative estimate of drug-likeness (QED) is 0.743. The summed E-state index contributed by atoms with van der Waals surface area (Å²) in [5.41, 5.74) is 0.463. The SMILES string of the molecule is FC(F)(F)c1ccc(-c2cccnc2)cn1. The molecule has 0 saturated heterocycles. The normalized spacial score (nSPS) is 11.4. The van der Waals surface area contributed by atoms with Crippen molar-refractivity contribution in [3.63, 3.8) is 0 Å². The molecule has 0 aromatic carbocycles. The van der Waals surface area contributed by atoms with Crippen molar-refractivity contribution in [3.05, 3.63) is 48.5 Å². The van der Waals surface area contributed by atoms with Crippen LogP contribution >= 0.6 is 0 Å². The minimum Gasteiger partial charge on any atom is -0.264 e. The molecule has 0 spiro atoms. The van der Waals surface area contributed by atoms with Gasteiger partial charge in [0.2, 0.25) is 0 Å². The zero-order valence-electron chi connectivity index (χ0n) is 8.07. The predicted octanol–water partition coefficient (Wildman–Crippen LogP) is 3.16. The summed E-state index contributed by atoms with van der Waals surface area (Å²) in [5.74, 6) is 0. The van der Waals surface area contributed by atoms with Crippen LogP contribution in [0.5, 0.6) is 0 Å². The van der Waals surface area contributed by atoms with Crippen molar-refractivity contribution in [2.45, 2.75) is 6.18 Å². The minimum atomic E-state index is -4.40. The average Bonchev–Trinajstić information content (AvgIpc) is 2.29. The molecule has 0 radical (unpaired) electrons. The van der Waals surface area contributed by atoms with Gasteiger partial charge in [0.1, 0.15) is 5.69 Å². The number of rotatable bonds is 1. The molecule has 0 atom stereocenters. The lowest BCUT2D eigenvalue weighted by molar-refractivity contribution is -0.141. The Morgan fingerprint density at radius 3 is 2.19 bits per heavy atom. The van der Waals surface area contributed by atoms with Crippen molar-refractivity contribution in [1.82, 2.24) is 9.97 Å². The van der Waals surface area contributed by atoms with E-state index < -0.39 is 11.9 Å². The minimum absolute atomic E-state index is 0.612. The molecule has 0 saturated carbocycles. The van der Waals surface area contributed by atoms with E-state index in [1.807, 2.05) is 0 Å². The van der Waals surface area contributed by atoms with Crippen molar-refractivity contribution in [3.8, 4) is 11.1 Å². The van der Waals surface area contributed by atoms with Crippen LogP contribution in [0.25, 0.3) is 11.1 Å². The van der Waals surface area contributed by atoms with Crippen molar-refractivity contribution < 1.29 is 13.2 Å². The zero-order chi connectivity index (χ0) is 11.6. The molecule has 2 heterocycles. The van der Waals surface area contributed by atoms with Gasteiger partial charge < -0.3 is 0 Å². The van der Waals surface area contributed by atoms with Gasteiger partial charge in [-0.05, 0) is 12.1 Å². The van der Waals surface area contributed by atoms with Gasteiger partial charge in [-0.15, -0.1) is 0 Å². The summed E-state index contributed by atoms with van der Waals surface area (Å²) in [6, 6.07) is 5.82. The maximum Gasteiger partial charge on any atom is 0.433 e. The molecule has 0 fully saturated rings. The second-order valence-corrected chi connectivity index (χ2v) is 3.17. The Morgan fingerprint density at radius 2 is 1.69 bits per heavy atom. The largest absolute Gasteiger partial charge is 0.433 e. The fourth-order valence-electron chi connectivity index (χ4n) is 1.27. The molecular weight excluding hydrogens is 217 g/mol. The molecule has 0 aliphatic heterocycles. The van der Waals surface area contributed by atoms with E-state index >= 15 is 0 Å².